The molecule has 0 aliphatic heterocycles. The Morgan fingerprint density at radius 3 is 2.50 bits per heavy atom. The lowest BCUT2D eigenvalue weighted by atomic mass is 10.5. The molecule has 1 atom stereocenters. The Balaban J connectivity index is 2.81. The number of aldehydes is 1. The fraction of sp³-hybridized carbons (Fsp3) is 0.667. The van der Waals surface area contributed by atoms with Crippen molar-refractivity contribution in [1.29, 1.82) is 0 Å². The minimum atomic E-state index is -0.498. The molecule has 2 nitrogen and oxygen atoms in total. The summed E-state index contributed by atoms with van der Waals surface area (Å²) in [6.45, 7) is 0. The first-order valence-electron chi connectivity index (χ1n) is 1.60. The lowest BCUT2D eigenvalue weighted by Crippen LogP contribution is -2.10. The van der Waals surface area contributed by atoms with Crippen LogP contribution in [-0.4, -0.2) is 11.8 Å². The zero-order chi connectivity index (χ0) is 4.99. The summed E-state index contributed by atoms with van der Waals surface area (Å²) in [5.41, 5.74) is 4.44. The van der Waals surface area contributed by atoms with E-state index in [-0.39, 0.29) is 6.42 Å². The molecule has 0 saturated heterocycles. The summed E-state index contributed by atoms with van der Waals surface area (Å²) in [5, 5.41) is 0. The monoisotopic (exact) mass is 107 g/mol. The minimum Gasteiger partial charge on any atom is -0.315 e. The zero-order valence-corrected chi connectivity index (χ0v) is 3.98. The van der Waals surface area contributed by atoms with Crippen molar-refractivity contribution in [2.75, 3.05) is 0 Å². The fourth-order valence-corrected chi connectivity index (χ4v) is 0.165. The van der Waals surface area contributed by atoms with Gasteiger partial charge in [0, 0.05) is 6.42 Å². The van der Waals surface area contributed by atoms with E-state index >= 15 is 0 Å². The molecule has 0 aliphatic rings. The third-order valence-corrected chi connectivity index (χ3v) is 0.500. The third kappa shape index (κ3) is 3.92. The predicted octanol–water partition coefficient (Wildman–Crippen LogP) is 0.0990. The van der Waals surface area contributed by atoms with Gasteiger partial charge in [-0.3, -0.25) is 0 Å². The molecule has 0 rings (SSSR count). The van der Waals surface area contributed by atoms with E-state index in [1.54, 1.807) is 0 Å². The highest BCUT2D eigenvalue weighted by molar-refractivity contribution is 6.20. The molecule has 3 heteroatoms. The quantitative estimate of drug-likeness (QED) is 0.309. The Labute approximate surface area is 41.3 Å². The van der Waals surface area contributed by atoms with Gasteiger partial charge in [-0.25, -0.2) is 0 Å². The molecule has 36 valence electrons. The molecule has 1 unspecified atom stereocenters. The average molecular weight is 108 g/mol. The largest absolute Gasteiger partial charge is 0.315 e. The standard InChI is InChI=1S/C3H6ClNO/c4-3(5)1-2-6/h2-3H,1,5H2. The van der Waals surface area contributed by atoms with Crippen molar-refractivity contribution in [3.8, 4) is 0 Å². The first-order valence-corrected chi connectivity index (χ1v) is 2.04. The van der Waals surface area contributed by atoms with E-state index in [1.807, 2.05) is 0 Å². The summed E-state index contributed by atoms with van der Waals surface area (Å²) in [6, 6.07) is 0. The van der Waals surface area contributed by atoms with Crippen LogP contribution < -0.4 is 5.73 Å². The molecule has 0 aromatic carbocycles. The molecule has 0 amide bonds. The summed E-state index contributed by atoms with van der Waals surface area (Å²) in [4.78, 5) is 9.45. The number of hydrogen-bond donors (Lipinski definition) is 1. The molecule has 0 radical (unpaired) electrons. The maximum Gasteiger partial charge on any atom is 0.122 e. The van der Waals surface area contributed by atoms with Crippen LogP contribution in [0.5, 0.6) is 0 Å². The van der Waals surface area contributed by atoms with E-state index in [9.17, 15) is 4.79 Å². The Morgan fingerprint density at radius 2 is 2.50 bits per heavy atom. The van der Waals surface area contributed by atoms with E-state index in [4.69, 9.17) is 17.3 Å². The van der Waals surface area contributed by atoms with Gasteiger partial charge in [-0.05, 0) is 0 Å². The van der Waals surface area contributed by atoms with Gasteiger partial charge < -0.3 is 10.5 Å². The number of rotatable bonds is 2. The maximum absolute atomic E-state index is 9.45. The molecule has 0 aliphatic carbocycles. The number of alkyl halides is 1. The first-order chi connectivity index (χ1) is 2.77. The van der Waals surface area contributed by atoms with Gasteiger partial charge in [0.15, 0.2) is 0 Å². The highest BCUT2D eigenvalue weighted by atomic mass is 35.5. The molecule has 6 heavy (non-hydrogen) atoms. The Bertz CT molecular complexity index is 46.1. The van der Waals surface area contributed by atoms with Gasteiger partial charge in [0.1, 0.15) is 6.29 Å². The van der Waals surface area contributed by atoms with Gasteiger partial charge in [0.05, 0.1) is 5.50 Å². The van der Waals surface area contributed by atoms with E-state index in [0.29, 0.717) is 6.29 Å². The molecule has 0 saturated carbocycles. The van der Waals surface area contributed by atoms with Crippen LogP contribution in [0.2, 0.25) is 0 Å². The zero-order valence-electron chi connectivity index (χ0n) is 3.23. The van der Waals surface area contributed by atoms with Crippen LogP contribution in [-0.2, 0) is 4.79 Å². The predicted molar refractivity (Wildman–Crippen MR) is 24.5 cm³/mol. The Hall–Kier alpha value is -0.0800. The van der Waals surface area contributed by atoms with Crippen molar-refractivity contribution in [2.45, 2.75) is 11.9 Å². The van der Waals surface area contributed by atoms with Gasteiger partial charge in [-0.1, -0.05) is 0 Å². The van der Waals surface area contributed by atoms with Crippen LogP contribution >= 0.6 is 11.6 Å². The van der Waals surface area contributed by atoms with Gasteiger partial charge in [-0.2, -0.15) is 0 Å². The number of nitrogens with two attached hydrogens (primary N) is 1. The molecule has 0 aromatic rings. The van der Waals surface area contributed by atoms with Gasteiger partial charge in [-0.15, -0.1) is 11.6 Å². The van der Waals surface area contributed by atoms with Crippen LogP contribution in [0.1, 0.15) is 6.42 Å². The number of carbonyl (C=O) groups is 1. The van der Waals surface area contributed by atoms with Crippen LogP contribution in [0, 0.1) is 0 Å². The molecule has 0 aromatic heterocycles. The highest BCUT2D eigenvalue weighted by Gasteiger charge is 1.88. The van der Waals surface area contributed by atoms with Crippen molar-refractivity contribution >= 4 is 17.9 Å². The molecule has 0 spiro atoms. The lowest BCUT2D eigenvalue weighted by molar-refractivity contribution is -0.107. The van der Waals surface area contributed by atoms with Gasteiger partial charge in [0.25, 0.3) is 0 Å². The molecule has 0 fully saturated rings. The molecule has 0 bridgehead atoms. The van der Waals surface area contributed by atoms with Crippen LogP contribution in [0.4, 0.5) is 0 Å². The van der Waals surface area contributed by atoms with E-state index < -0.39 is 5.50 Å². The van der Waals surface area contributed by atoms with Gasteiger partial charge >= 0.3 is 0 Å². The molecular formula is C3H6ClNO. The topological polar surface area (TPSA) is 43.1 Å². The van der Waals surface area contributed by atoms with E-state index in [1.165, 1.54) is 0 Å². The first kappa shape index (κ1) is 5.92. The Morgan fingerprint density at radius 1 is 2.00 bits per heavy atom. The number of carbonyl (C=O) groups excluding carboxylic acids is 1. The number of hydrogen-bond acceptors (Lipinski definition) is 2. The average Bonchev–Trinajstić information content (AvgIpc) is 1.35. The second-order valence-electron chi connectivity index (χ2n) is 0.918. The van der Waals surface area contributed by atoms with Crippen molar-refractivity contribution in [3.05, 3.63) is 0 Å². The van der Waals surface area contributed by atoms with E-state index in [2.05, 4.69) is 0 Å². The maximum atomic E-state index is 9.45. The summed E-state index contributed by atoms with van der Waals surface area (Å²) < 4.78 is 0. The summed E-state index contributed by atoms with van der Waals surface area (Å²) in [6.07, 6.45) is 0.930. The number of halogens is 1. The van der Waals surface area contributed by atoms with Crippen molar-refractivity contribution in [3.63, 3.8) is 0 Å². The summed E-state index contributed by atoms with van der Waals surface area (Å²) in [7, 11) is 0. The fourth-order valence-electron chi connectivity index (χ4n) is 0.0919. The summed E-state index contributed by atoms with van der Waals surface area (Å²) in [5.74, 6) is 0. The SMILES string of the molecule is NC(Cl)CC=O. The van der Waals surface area contributed by atoms with Crippen LogP contribution in [0.3, 0.4) is 0 Å². The second-order valence-corrected chi connectivity index (χ2v) is 1.48. The summed E-state index contributed by atoms with van der Waals surface area (Å²) >= 11 is 5.12. The third-order valence-electron chi connectivity index (χ3n) is 0.321. The van der Waals surface area contributed by atoms with Gasteiger partial charge in [0.2, 0.25) is 0 Å². The van der Waals surface area contributed by atoms with Crippen molar-refractivity contribution in [1.82, 2.24) is 0 Å². The Kier molecular flexibility index (Phi) is 3.08. The van der Waals surface area contributed by atoms with E-state index in [0.717, 1.165) is 0 Å². The van der Waals surface area contributed by atoms with Crippen molar-refractivity contribution < 1.29 is 4.79 Å². The molecule has 2 N–H and O–H groups in total. The lowest BCUT2D eigenvalue weighted by Gasteiger charge is -1.88. The normalized spacial score (nSPS) is 13.7. The molecular weight excluding hydrogens is 101 g/mol. The van der Waals surface area contributed by atoms with Crippen LogP contribution in [0.15, 0.2) is 0 Å². The molecule has 0 heterocycles. The minimum absolute atomic E-state index is 0.238. The van der Waals surface area contributed by atoms with Crippen molar-refractivity contribution in [2.24, 2.45) is 5.73 Å². The smallest absolute Gasteiger partial charge is 0.122 e. The highest BCUT2D eigenvalue weighted by Crippen LogP contribution is 1.85. The second kappa shape index (κ2) is 3.12. The van der Waals surface area contributed by atoms with Crippen LogP contribution in [0.25, 0.3) is 0 Å².